The van der Waals surface area contributed by atoms with Gasteiger partial charge in [0.25, 0.3) is 6.43 Å². The molecule has 196 valence electrons. The van der Waals surface area contributed by atoms with Crippen molar-refractivity contribution < 1.29 is 10.2 Å². The highest BCUT2D eigenvalue weighted by Gasteiger charge is 2.29. The molecule has 1 saturated carbocycles. The lowest BCUT2D eigenvalue weighted by atomic mass is 9.96. The molecule has 7 nitrogen and oxygen atoms in total. The fraction of sp³-hybridized carbons (Fsp3) is 0.357. The van der Waals surface area contributed by atoms with Gasteiger partial charge in [0.15, 0.2) is 0 Å². The second kappa shape index (κ2) is 10.2. The highest BCUT2D eigenvalue weighted by molar-refractivity contribution is 6.35. The number of fused-ring (bicyclic) bond motifs is 1. The third-order valence-corrected chi connectivity index (χ3v) is 6.55. The van der Waals surface area contributed by atoms with E-state index in [4.69, 9.17) is 11.6 Å². The van der Waals surface area contributed by atoms with Gasteiger partial charge in [-0.1, -0.05) is 61.9 Å². The van der Waals surface area contributed by atoms with Gasteiger partial charge < -0.3 is 10.6 Å². The summed E-state index contributed by atoms with van der Waals surface area (Å²) in [5.74, 6) is 0. The van der Waals surface area contributed by atoms with E-state index in [0.717, 1.165) is 12.8 Å². The van der Waals surface area contributed by atoms with E-state index in [2.05, 4.69) is 52.8 Å². The molecule has 2 heterocycles. The maximum Gasteiger partial charge on any atom is 0.264 e. The summed E-state index contributed by atoms with van der Waals surface area (Å²) in [4.78, 5) is 4.38. The fourth-order valence-corrected chi connectivity index (χ4v) is 4.47. The summed E-state index contributed by atoms with van der Waals surface area (Å²) in [5, 5.41) is 25.5. The summed E-state index contributed by atoms with van der Waals surface area (Å²) >= 11 is 6.65. The zero-order valence-corrected chi connectivity index (χ0v) is 22.0. The summed E-state index contributed by atoms with van der Waals surface area (Å²) in [6.07, 6.45) is 2.20. The number of hydrogen-bond acceptors (Lipinski definition) is 6. The molecule has 0 bridgehead atoms. The number of halogens is 3. The molecule has 2 N–H and O–H groups in total. The molecule has 4 aromatic rings. The summed E-state index contributed by atoms with van der Waals surface area (Å²) in [5.41, 5.74) is 1.62. The molecule has 1 atom stereocenters. The summed E-state index contributed by atoms with van der Waals surface area (Å²) < 4.78 is 39.5. The van der Waals surface area contributed by atoms with E-state index in [9.17, 15) is 15.4 Å². The van der Waals surface area contributed by atoms with E-state index in [1.165, 1.54) is 24.4 Å². The minimum absolute atomic E-state index is 0.0500. The third-order valence-electron chi connectivity index (χ3n) is 6.26. The predicted octanol–water partition coefficient (Wildman–Crippen LogP) is 7.28. The number of pyridine rings is 1. The van der Waals surface area contributed by atoms with Crippen molar-refractivity contribution in [1.29, 1.82) is 5.26 Å². The lowest BCUT2D eigenvalue weighted by Gasteiger charge is -2.23. The molecule has 2 aromatic heterocycles. The Labute approximate surface area is 226 Å². The number of rotatable bonds is 8. The molecule has 0 spiro atoms. The Bertz CT molecular complexity index is 1570. The number of nitrogens with one attached hydrogen (secondary N) is 2. The smallest absolute Gasteiger partial charge is 0.264 e. The number of alkyl halides is 2. The molecule has 0 aliphatic heterocycles. The van der Waals surface area contributed by atoms with Crippen LogP contribution in [0.5, 0.6) is 0 Å². The largest absolute Gasteiger partial charge is 0.383 e. The van der Waals surface area contributed by atoms with Crippen LogP contribution in [-0.2, 0) is 0 Å². The van der Waals surface area contributed by atoms with Crippen molar-refractivity contribution in [2.45, 2.75) is 52.1 Å². The first-order valence-corrected chi connectivity index (χ1v) is 12.7. The molecular formula is C28H28ClF2N7. The van der Waals surface area contributed by atoms with Crippen molar-refractivity contribution in [3.05, 3.63) is 76.2 Å². The van der Waals surface area contributed by atoms with Crippen LogP contribution in [-0.4, -0.2) is 26.5 Å². The third kappa shape index (κ3) is 5.41. The Kier molecular flexibility index (Phi) is 6.58. The molecule has 0 saturated heterocycles. The molecule has 0 amide bonds. The SMILES string of the molecule is [2H][C@@](Nc1cc(Cl)c2ncc(C#N)c(NCC(C)(C)C)c2c1)(c1cn(C2CC2)nn1)c1ccccc1C(F)F. The van der Waals surface area contributed by atoms with Gasteiger partial charge in [0, 0.05) is 29.4 Å². The van der Waals surface area contributed by atoms with Crippen LogP contribution in [0.25, 0.3) is 10.9 Å². The lowest BCUT2D eigenvalue weighted by molar-refractivity contribution is 0.150. The van der Waals surface area contributed by atoms with Crippen molar-refractivity contribution in [2.24, 2.45) is 5.41 Å². The average Bonchev–Trinajstić information content (AvgIpc) is 3.62. The van der Waals surface area contributed by atoms with Gasteiger partial charge in [0.1, 0.15) is 11.8 Å². The van der Waals surface area contributed by atoms with Gasteiger partial charge in [-0.3, -0.25) is 4.98 Å². The molecule has 1 fully saturated rings. The second-order valence-corrected chi connectivity index (χ2v) is 11.0. The zero-order valence-electron chi connectivity index (χ0n) is 22.3. The minimum Gasteiger partial charge on any atom is -0.383 e. The molecule has 5 rings (SSSR count). The number of aromatic nitrogens is 4. The Morgan fingerprint density at radius 3 is 2.63 bits per heavy atom. The van der Waals surface area contributed by atoms with Crippen LogP contribution < -0.4 is 10.6 Å². The highest BCUT2D eigenvalue weighted by Crippen LogP contribution is 2.39. The van der Waals surface area contributed by atoms with Crippen LogP contribution in [0.3, 0.4) is 0 Å². The molecule has 2 aromatic carbocycles. The average molecular weight is 537 g/mol. The van der Waals surface area contributed by atoms with Crippen molar-refractivity contribution in [1.82, 2.24) is 20.0 Å². The van der Waals surface area contributed by atoms with Crippen LogP contribution in [0.4, 0.5) is 20.2 Å². The van der Waals surface area contributed by atoms with Crippen LogP contribution in [0, 0.1) is 16.7 Å². The Morgan fingerprint density at radius 2 is 1.97 bits per heavy atom. The fourth-order valence-electron chi connectivity index (χ4n) is 4.20. The summed E-state index contributed by atoms with van der Waals surface area (Å²) in [7, 11) is 0. The standard InChI is InChI=1S/C28H28ClF2N7/c1-28(2,3)15-34-24-16(12-32)13-33-25-21(24)10-17(11-22(25)29)35-26(19-6-4-5-7-20(19)27(30)31)23-14-38(37-36-23)18-8-9-18/h4-7,10-11,13-14,18,26-27,35H,8-9,15H2,1-3H3,(H,33,34)/t26-/m0/s1/i26D. The van der Waals surface area contributed by atoms with Crippen LogP contribution >= 0.6 is 11.6 Å². The Morgan fingerprint density at radius 1 is 1.24 bits per heavy atom. The van der Waals surface area contributed by atoms with E-state index in [-0.39, 0.29) is 33.3 Å². The van der Waals surface area contributed by atoms with E-state index >= 15 is 0 Å². The van der Waals surface area contributed by atoms with Crippen LogP contribution in [0.2, 0.25) is 5.02 Å². The normalized spacial score (nSPS) is 15.7. The van der Waals surface area contributed by atoms with Gasteiger partial charge in [-0.2, -0.15) is 5.26 Å². The predicted molar refractivity (Wildman–Crippen MR) is 145 cm³/mol. The van der Waals surface area contributed by atoms with Crippen molar-refractivity contribution in [3.8, 4) is 6.07 Å². The van der Waals surface area contributed by atoms with E-state index in [1.807, 2.05) is 0 Å². The van der Waals surface area contributed by atoms with Crippen LogP contribution in [0.1, 0.15) is 75.9 Å². The molecule has 0 radical (unpaired) electrons. The van der Waals surface area contributed by atoms with Gasteiger partial charge in [-0.15, -0.1) is 5.10 Å². The second-order valence-electron chi connectivity index (χ2n) is 10.6. The first-order valence-electron chi connectivity index (χ1n) is 12.8. The quantitative estimate of drug-likeness (QED) is 0.246. The van der Waals surface area contributed by atoms with Gasteiger partial charge in [0.2, 0.25) is 0 Å². The maximum atomic E-state index is 14.1. The van der Waals surface area contributed by atoms with Gasteiger partial charge in [-0.05, 0) is 36.0 Å². The van der Waals surface area contributed by atoms with Gasteiger partial charge >= 0.3 is 0 Å². The summed E-state index contributed by atoms with van der Waals surface area (Å²) in [6.45, 7) is 6.78. The Hall–Kier alpha value is -3.77. The van der Waals surface area contributed by atoms with Crippen LogP contribution in [0.15, 0.2) is 48.8 Å². The molecule has 1 aliphatic carbocycles. The molecule has 38 heavy (non-hydrogen) atoms. The maximum absolute atomic E-state index is 14.1. The van der Waals surface area contributed by atoms with E-state index in [0.29, 0.717) is 34.4 Å². The zero-order chi connectivity index (χ0) is 27.9. The number of nitriles is 1. The Balaban J connectivity index is 1.66. The molecular weight excluding hydrogens is 508 g/mol. The van der Waals surface area contributed by atoms with E-state index in [1.54, 1.807) is 29.1 Å². The monoisotopic (exact) mass is 536 g/mol. The van der Waals surface area contributed by atoms with Crippen molar-refractivity contribution in [3.63, 3.8) is 0 Å². The topological polar surface area (TPSA) is 91.5 Å². The van der Waals surface area contributed by atoms with Crippen molar-refractivity contribution in [2.75, 3.05) is 17.2 Å². The minimum atomic E-state index is -2.80. The van der Waals surface area contributed by atoms with Gasteiger partial charge in [0.05, 0.1) is 41.4 Å². The number of hydrogen-bond donors (Lipinski definition) is 2. The van der Waals surface area contributed by atoms with Gasteiger partial charge in [-0.25, -0.2) is 13.5 Å². The number of benzene rings is 2. The summed E-state index contributed by atoms with van der Waals surface area (Å²) in [6, 6.07) is 9.69. The lowest BCUT2D eigenvalue weighted by Crippen LogP contribution is -2.20. The molecule has 10 heteroatoms. The first-order chi connectivity index (χ1) is 18.5. The molecule has 1 aliphatic rings. The highest BCUT2D eigenvalue weighted by atomic mass is 35.5. The van der Waals surface area contributed by atoms with E-state index < -0.39 is 12.4 Å². The number of anilines is 2. The molecule has 0 unspecified atom stereocenters. The number of nitrogens with zero attached hydrogens (tertiary/aromatic N) is 5. The first kappa shape index (κ1) is 24.6. The van der Waals surface area contributed by atoms with Crippen molar-refractivity contribution >= 4 is 33.9 Å².